The summed E-state index contributed by atoms with van der Waals surface area (Å²) in [5.41, 5.74) is 1.35. The summed E-state index contributed by atoms with van der Waals surface area (Å²) in [5, 5.41) is 0.813. The highest BCUT2D eigenvalue weighted by Crippen LogP contribution is 2.18. The molecule has 1 aliphatic rings. The Morgan fingerprint density at radius 3 is 2.71 bits per heavy atom. The molecule has 1 aromatic carbocycles. The number of para-hydroxylation sites is 1. The van der Waals surface area contributed by atoms with Crippen LogP contribution in [0.4, 0.5) is 0 Å². The van der Waals surface area contributed by atoms with E-state index in [9.17, 15) is 9.59 Å². The molecule has 3 rings (SSSR count). The maximum Gasteiger partial charge on any atom is 0.340 e. The molecule has 1 fully saturated rings. The Morgan fingerprint density at radius 2 is 1.90 bits per heavy atom. The summed E-state index contributed by atoms with van der Waals surface area (Å²) in [5.74, 6) is -0.569. The van der Waals surface area contributed by atoms with E-state index in [-0.39, 0.29) is 12.5 Å². The zero-order chi connectivity index (χ0) is 14.7. The summed E-state index contributed by atoms with van der Waals surface area (Å²) in [7, 11) is 0. The molecule has 0 radical (unpaired) electrons. The Labute approximate surface area is 122 Å². The van der Waals surface area contributed by atoms with Gasteiger partial charge in [-0.1, -0.05) is 18.2 Å². The Hall–Kier alpha value is -2.30. The fourth-order valence-corrected chi connectivity index (χ4v) is 2.68. The number of likely N-dealkylation sites (tertiary alicyclic amines) is 1. The molecule has 5 heteroatoms. The summed E-state index contributed by atoms with van der Waals surface area (Å²) in [4.78, 5) is 28.9. The van der Waals surface area contributed by atoms with E-state index in [1.807, 2.05) is 24.3 Å². The van der Waals surface area contributed by atoms with E-state index in [1.54, 1.807) is 11.1 Å². The second-order valence-electron chi connectivity index (χ2n) is 5.27. The largest absolute Gasteiger partial charge is 0.452 e. The summed E-state index contributed by atoms with van der Waals surface area (Å²) in [6.45, 7) is 1.35. The maximum atomic E-state index is 12.1. The van der Waals surface area contributed by atoms with Crippen molar-refractivity contribution in [1.29, 1.82) is 0 Å². The van der Waals surface area contributed by atoms with Gasteiger partial charge in [-0.2, -0.15) is 0 Å². The molecule has 0 aliphatic carbocycles. The van der Waals surface area contributed by atoms with Crippen molar-refractivity contribution in [3.63, 3.8) is 0 Å². The number of nitrogens with one attached hydrogen (secondary N) is 1. The predicted octanol–water partition coefficient (Wildman–Crippen LogP) is 2.34. The highest BCUT2D eigenvalue weighted by Gasteiger charge is 2.19. The van der Waals surface area contributed by atoms with Crippen molar-refractivity contribution in [2.45, 2.75) is 19.3 Å². The summed E-state index contributed by atoms with van der Waals surface area (Å²) >= 11 is 0. The first-order chi connectivity index (χ1) is 10.3. The number of carbonyl (C=O) groups is 2. The van der Waals surface area contributed by atoms with Gasteiger partial charge in [0.25, 0.3) is 5.91 Å². The molecule has 0 spiro atoms. The number of hydrogen-bond donors (Lipinski definition) is 1. The standard InChI is InChI=1S/C16H18N2O3/c19-15(18-8-4-1-5-9-18)11-21-16(20)13-10-17-14-7-3-2-6-12(13)14/h2-3,6-7,10,17H,1,4-5,8-9,11H2. The van der Waals surface area contributed by atoms with Gasteiger partial charge in [0.15, 0.2) is 6.61 Å². The van der Waals surface area contributed by atoms with Crippen LogP contribution in [0, 0.1) is 0 Å². The minimum Gasteiger partial charge on any atom is -0.452 e. The zero-order valence-corrected chi connectivity index (χ0v) is 11.8. The minimum absolute atomic E-state index is 0.108. The SMILES string of the molecule is O=C(OCC(=O)N1CCCCC1)c1c[nH]c2ccccc12. The van der Waals surface area contributed by atoms with Crippen molar-refractivity contribution >= 4 is 22.8 Å². The number of nitrogens with zero attached hydrogens (tertiary/aromatic N) is 1. The molecule has 1 N–H and O–H groups in total. The number of H-pyrrole nitrogens is 1. The number of benzene rings is 1. The molecule has 21 heavy (non-hydrogen) atoms. The lowest BCUT2D eigenvalue weighted by molar-refractivity contribution is -0.135. The molecule has 5 nitrogen and oxygen atoms in total. The van der Waals surface area contributed by atoms with Gasteiger partial charge in [-0.3, -0.25) is 4.79 Å². The molecule has 0 atom stereocenters. The van der Waals surface area contributed by atoms with Gasteiger partial charge in [-0.05, 0) is 25.3 Å². The van der Waals surface area contributed by atoms with Gasteiger partial charge >= 0.3 is 5.97 Å². The lowest BCUT2D eigenvalue weighted by Gasteiger charge is -2.26. The molecule has 2 aromatic rings. The monoisotopic (exact) mass is 286 g/mol. The van der Waals surface area contributed by atoms with Crippen molar-refractivity contribution in [2.24, 2.45) is 0 Å². The Morgan fingerprint density at radius 1 is 1.14 bits per heavy atom. The smallest absolute Gasteiger partial charge is 0.340 e. The second-order valence-corrected chi connectivity index (χ2v) is 5.27. The number of ether oxygens (including phenoxy) is 1. The van der Waals surface area contributed by atoms with E-state index < -0.39 is 5.97 Å². The molecule has 0 bridgehead atoms. The number of aromatic nitrogens is 1. The lowest BCUT2D eigenvalue weighted by Crippen LogP contribution is -2.38. The third-order valence-corrected chi connectivity index (χ3v) is 3.84. The number of piperidine rings is 1. The fourth-order valence-electron chi connectivity index (χ4n) is 2.68. The van der Waals surface area contributed by atoms with Crippen LogP contribution in [0.5, 0.6) is 0 Å². The predicted molar refractivity (Wildman–Crippen MR) is 79.0 cm³/mol. The van der Waals surface area contributed by atoms with Crippen LogP contribution in [0.25, 0.3) is 10.9 Å². The van der Waals surface area contributed by atoms with Gasteiger partial charge in [0.1, 0.15) is 0 Å². The summed E-state index contributed by atoms with van der Waals surface area (Å²) in [6, 6.07) is 7.51. The average Bonchev–Trinajstić information content (AvgIpc) is 2.97. The molecular formula is C16H18N2O3. The number of fused-ring (bicyclic) bond motifs is 1. The molecule has 0 saturated carbocycles. The molecule has 1 aromatic heterocycles. The van der Waals surface area contributed by atoms with Gasteiger partial charge in [0.2, 0.25) is 0 Å². The molecule has 1 amide bonds. The van der Waals surface area contributed by atoms with Crippen LogP contribution >= 0.6 is 0 Å². The van der Waals surface area contributed by atoms with Crippen LogP contribution in [-0.2, 0) is 9.53 Å². The van der Waals surface area contributed by atoms with Crippen molar-refractivity contribution in [2.75, 3.05) is 19.7 Å². The van der Waals surface area contributed by atoms with E-state index >= 15 is 0 Å². The molecule has 2 heterocycles. The molecule has 110 valence electrons. The highest BCUT2D eigenvalue weighted by atomic mass is 16.5. The van der Waals surface area contributed by atoms with Gasteiger partial charge in [0.05, 0.1) is 5.56 Å². The van der Waals surface area contributed by atoms with Crippen LogP contribution in [0.15, 0.2) is 30.5 Å². The minimum atomic E-state index is -0.460. The van der Waals surface area contributed by atoms with E-state index in [0.29, 0.717) is 5.56 Å². The average molecular weight is 286 g/mol. The summed E-state index contributed by atoms with van der Waals surface area (Å²) in [6.07, 6.45) is 4.85. The molecular weight excluding hydrogens is 268 g/mol. The van der Waals surface area contributed by atoms with Crippen LogP contribution in [0.1, 0.15) is 29.6 Å². The van der Waals surface area contributed by atoms with Gasteiger partial charge in [-0.15, -0.1) is 0 Å². The Bertz CT molecular complexity index is 656. The van der Waals surface area contributed by atoms with Crippen molar-refractivity contribution < 1.29 is 14.3 Å². The Kier molecular flexibility index (Phi) is 3.90. The van der Waals surface area contributed by atoms with Crippen LogP contribution in [-0.4, -0.2) is 41.5 Å². The number of esters is 1. The molecule has 0 unspecified atom stereocenters. The lowest BCUT2D eigenvalue weighted by atomic mass is 10.1. The first-order valence-corrected chi connectivity index (χ1v) is 7.27. The second kappa shape index (κ2) is 5.99. The summed E-state index contributed by atoms with van der Waals surface area (Å²) < 4.78 is 5.16. The van der Waals surface area contributed by atoms with Crippen LogP contribution < -0.4 is 0 Å². The first kappa shape index (κ1) is 13.7. The van der Waals surface area contributed by atoms with E-state index in [1.165, 1.54) is 6.42 Å². The van der Waals surface area contributed by atoms with Crippen LogP contribution in [0.3, 0.4) is 0 Å². The van der Waals surface area contributed by atoms with Crippen molar-refractivity contribution in [3.8, 4) is 0 Å². The number of hydrogen-bond acceptors (Lipinski definition) is 3. The highest BCUT2D eigenvalue weighted by molar-refractivity contribution is 6.04. The first-order valence-electron chi connectivity index (χ1n) is 7.27. The number of rotatable bonds is 3. The molecule has 1 saturated heterocycles. The van der Waals surface area contributed by atoms with Gasteiger partial charge in [0, 0.05) is 30.2 Å². The van der Waals surface area contributed by atoms with E-state index in [2.05, 4.69) is 4.98 Å². The van der Waals surface area contributed by atoms with Gasteiger partial charge < -0.3 is 14.6 Å². The normalized spacial score (nSPS) is 15.1. The number of carbonyl (C=O) groups excluding carboxylic acids is 2. The van der Waals surface area contributed by atoms with E-state index in [4.69, 9.17) is 4.74 Å². The fraction of sp³-hybridized carbons (Fsp3) is 0.375. The Balaban J connectivity index is 1.62. The molecule has 1 aliphatic heterocycles. The topological polar surface area (TPSA) is 62.4 Å². The third-order valence-electron chi connectivity index (χ3n) is 3.84. The third kappa shape index (κ3) is 2.91. The number of amides is 1. The zero-order valence-electron chi connectivity index (χ0n) is 11.8. The van der Waals surface area contributed by atoms with Gasteiger partial charge in [-0.25, -0.2) is 4.79 Å². The van der Waals surface area contributed by atoms with E-state index in [0.717, 1.165) is 36.8 Å². The maximum absolute atomic E-state index is 12.1. The number of aromatic amines is 1. The quantitative estimate of drug-likeness (QED) is 0.881. The van der Waals surface area contributed by atoms with Crippen molar-refractivity contribution in [1.82, 2.24) is 9.88 Å². The van der Waals surface area contributed by atoms with Crippen LogP contribution in [0.2, 0.25) is 0 Å². The van der Waals surface area contributed by atoms with Crippen molar-refractivity contribution in [3.05, 3.63) is 36.0 Å².